The molecule has 3 nitrogen and oxygen atoms in total. The van der Waals surface area contributed by atoms with Gasteiger partial charge in [-0.3, -0.25) is 0 Å². The Bertz CT molecular complexity index is 804. The minimum atomic E-state index is -4.58. The molecule has 22 heavy (non-hydrogen) atoms. The fraction of sp³-hybridized carbons (Fsp3) is 0.0769. The monoisotopic (exact) mass is 370 g/mol. The predicted molar refractivity (Wildman–Crippen MR) is 76.0 cm³/mol. The standard InChI is InChI=1S/C13H7Cl2F3O3S/c14-10-7-8(5-6-12(10)22(15,19)20)21-11-4-2-1-3-9(11)13(16,17)18/h1-7H. The van der Waals surface area contributed by atoms with E-state index in [2.05, 4.69) is 0 Å². The first-order chi connectivity index (χ1) is 10.1. The highest BCUT2D eigenvalue weighted by Gasteiger charge is 2.34. The largest absolute Gasteiger partial charge is 0.457 e. The van der Waals surface area contributed by atoms with Crippen molar-refractivity contribution in [3.05, 3.63) is 53.1 Å². The van der Waals surface area contributed by atoms with E-state index in [1.54, 1.807) is 0 Å². The third kappa shape index (κ3) is 3.85. The van der Waals surface area contributed by atoms with Crippen molar-refractivity contribution >= 4 is 31.3 Å². The summed E-state index contributed by atoms with van der Waals surface area (Å²) < 4.78 is 66.1. The molecule has 2 rings (SSSR count). The molecule has 118 valence electrons. The Morgan fingerprint density at radius 3 is 2.23 bits per heavy atom. The van der Waals surface area contributed by atoms with E-state index in [4.69, 9.17) is 27.0 Å². The summed E-state index contributed by atoms with van der Waals surface area (Å²) in [6.45, 7) is 0. The van der Waals surface area contributed by atoms with Crippen LogP contribution in [0.1, 0.15) is 5.56 Å². The number of para-hydroxylation sites is 1. The van der Waals surface area contributed by atoms with Crippen LogP contribution in [-0.2, 0) is 15.2 Å². The summed E-state index contributed by atoms with van der Waals surface area (Å²) in [5.74, 6) is -0.474. The molecule has 2 aromatic carbocycles. The molecular weight excluding hydrogens is 364 g/mol. The molecule has 0 bridgehead atoms. The third-order valence-corrected chi connectivity index (χ3v) is 4.39. The van der Waals surface area contributed by atoms with Crippen molar-refractivity contribution < 1.29 is 26.3 Å². The fourth-order valence-electron chi connectivity index (χ4n) is 1.66. The first-order valence-corrected chi connectivity index (χ1v) is 8.36. The number of alkyl halides is 3. The summed E-state index contributed by atoms with van der Waals surface area (Å²) in [6.07, 6.45) is -4.58. The number of ether oxygens (including phenoxy) is 1. The Morgan fingerprint density at radius 1 is 1.05 bits per heavy atom. The second-order valence-electron chi connectivity index (χ2n) is 4.13. The molecule has 0 heterocycles. The highest BCUT2D eigenvalue weighted by molar-refractivity contribution is 8.13. The second kappa shape index (κ2) is 5.98. The van der Waals surface area contributed by atoms with Crippen LogP contribution in [0.5, 0.6) is 11.5 Å². The van der Waals surface area contributed by atoms with Gasteiger partial charge in [-0.2, -0.15) is 13.2 Å². The smallest absolute Gasteiger partial charge is 0.419 e. The average Bonchev–Trinajstić information content (AvgIpc) is 2.36. The first-order valence-electron chi connectivity index (χ1n) is 5.67. The molecule has 0 N–H and O–H groups in total. The highest BCUT2D eigenvalue weighted by Crippen LogP contribution is 2.38. The van der Waals surface area contributed by atoms with E-state index in [0.717, 1.165) is 30.3 Å². The summed E-state index contributed by atoms with van der Waals surface area (Å²) in [4.78, 5) is -0.354. The molecule has 0 aromatic heterocycles. The fourth-order valence-corrected chi connectivity index (χ4v) is 3.18. The highest BCUT2D eigenvalue weighted by atomic mass is 35.7. The zero-order valence-corrected chi connectivity index (χ0v) is 12.9. The van der Waals surface area contributed by atoms with E-state index < -0.39 is 26.5 Å². The van der Waals surface area contributed by atoms with Gasteiger partial charge in [-0.25, -0.2) is 8.42 Å². The quantitative estimate of drug-likeness (QED) is 0.707. The van der Waals surface area contributed by atoms with Crippen LogP contribution in [-0.4, -0.2) is 8.42 Å². The van der Waals surface area contributed by atoms with Crippen LogP contribution in [0.15, 0.2) is 47.4 Å². The van der Waals surface area contributed by atoms with Gasteiger partial charge in [0.15, 0.2) is 0 Å². The molecule has 0 saturated heterocycles. The lowest BCUT2D eigenvalue weighted by molar-refractivity contribution is -0.138. The molecule has 0 amide bonds. The van der Waals surface area contributed by atoms with Crippen molar-refractivity contribution in [1.82, 2.24) is 0 Å². The number of halogens is 5. The van der Waals surface area contributed by atoms with Crippen molar-refractivity contribution in [3.63, 3.8) is 0 Å². The molecule has 0 fully saturated rings. The van der Waals surface area contributed by atoms with E-state index in [0.29, 0.717) is 0 Å². The summed E-state index contributed by atoms with van der Waals surface area (Å²) in [7, 11) is 1.11. The summed E-state index contributed by atoms with van der Waals surface area (Å²) >= 11 is 5.74. The van der Waals surface area contributed by atoms with E-state index in [-0.39, 0.29) is 15.7 Å². The topological polar surface area (TPSA) is 43.4 Å². The number of hydrogen-bond acceptors (Lipinski definition) is 3. The minimum Gasteiger partial charge on any atom is -0.457 e. The Morgan fingerprint density at radius 2 is 1.68 bits per heavy atom. The van der Waals surface area contributed by atoms with Crippen molar-refractivity contribution in [2.45, 2.75) is 11.1 Å². The van der Waals surface area contributed by atoms with Gasteiger partial charge in [-0.15, -0.1) is 0 Å². The van der Waals surface area contributed by atoms with Gasteiger partial charge in [0.1, 0.15) is 16.4 Å². The van der Waals surface area contributed by atoms with Crippen molar-refractivity contribution in [3.8, 4) is 11.5 Å². The summed E-state index contributed by atoms with van der Waals surface area (Å²) in [5, 5.41) is -0.253. The van der Waals surface area contributed by atoms with E-state index in [1.807, 2.05) is 0 Å². The van der Waals surface area contributed by atoms with Crippen LogP contribution in [0.4, 0.5) is 13.2 Å². The molecule has 0 unspecified atom stereocenters. The molecule has 0 spiro atoms. The van der Waals surface area contributed by atoms with Crippen LogP contribution in [0.3, 0.4) is 0 Å². The Labute approximate surface area is 133 Å². The molecule has 2 aromatic rings. The van der Waals surface area contributed by atoms with Crippen molar-refractivity contribution in [2.75, 3.05) is 0 Å². The number of benzene rings is 2. The lowest BCUT2D eigenvalue weighted by Gasteiger charge is -2.13. The number of rotatable bonds is 3. The Hall–Kier alpha value is -1.44. The Kier molecular flexibility index (Phi) is 4.60. The van der Waals surface area contributed by atoms with Crippen LogP contribution < -0.4 is 4.74 Å². The molecule has 0 radical (unpaired) electrons. The SMILES string of the molecule is O=S(=O)(Cl)c1ccc(Oc2ccccc2C(F)(F)F)cc1Cl. The van der Waals surface area contributed by atoms with Gasteiger partial charge in [-0.05, 0) is 24.3 Å². The molecule has 0 aliphatic carbocycles. The molecule has 0 atom stereocenters. The maximum absolute atomic E-state index is 12.8. The summed E-state index contributed by atoms with van der Waals surface area (Å²) in [6, 6.07) is 7.90. The van der Waals surface area contributed by atoms with Gasteiger partial charge in [-0.1, -0.05) is 23.7 Å². The van der Waals surface area contributed by atoms with Crippen LogP contribution in [0.25, 0.3) is 0 Å². The lowest BCUT2D eigenvalue weighted by Crippen LogP contribution is -2.06. The van der Waals surface area contributed by atoms with Gasteiger partial charge in [0.2, 0.25) is 0 Å². The lowest BCUT2D eigenvalue weighted by atomic mass is 10.2. The van der Waals surface area contributed by atoms with Gasteiger partial charge < -0.3 is 4.74 Å². The Balaban J connectivity index is 2.39. The normalized spacial score (nSPS) is 12.2. The van der Waals surface area contributed by atoms with E-state index in [1.165, 1.54) is 12.1 Å². The molecule has 0 saturated carbocycles. The predicted octanol–water partition coefficient (Wildman–Crippen LogP) is 5.08. The van der Waals surface area contributed by atoms with Crippen LogP contribution >= 0.6 is 22.3 Å². The minimum absolute atomic E-state index is 0.0502. The third-order valence-electron chi connectivity index (χ3n) is 2.59. The average molecular weight is 371 g/mol. The first kappa shape index (κ1) is 16.9. The summed E-state index contributed by atoms with van der Waals surface area (Å²) in [5.41, 5.74) is -0.958. The molecule has 0 aliphatic rings. The van der Waals surface area contributed by atoms with Gasteiger partial charge >= 0.3 is 6.18 Å². The second-order valence-corrected chi connectivity index (χ2v) is 7.07. The maximum atomic E-state index is 12.8. The van der Waals surface area contributed by atoms with Crippen LogP contribution in [0, 0.1) is 0 Å². The zero-order valence-electron chi connectivity index (χ0n) is 10.6. The van der Waals surface area contributed by atoms with Crippen LogP contribution in [0.2, 0.25) is 5.02 Å². The molecule has 0 aliphatic heterocycles. The van der Waals surface area contributed by atoms with Gasteiger partial charge in [0, 0.05) is 16.7 Å². The van der Waals surface area contributed by atoms with Gasteiger partial charge in [0.25, 0.3) is 9.05 Å². The van der Waals surface area contributed by atoms with Crippen molar-refractivity contribution in [2.24, 2.45) is 0 Å². The van der Waals surface area contributed by atoms with Crippen molar-refractivity contribution in [1.29, 1.82) is 0 Å². The molecular formula is C13H7Cl2F3O3S. The zero-order chi connectivity index (χ0) is 16.5. The van der Waals surface area contributed by atoms with Gasteiger partial charge in [0.05, 0.1) is 10.6 Å². The number of hydrogen-bond donors (Lipinski definition) is 0. The maximum Gasteiger partial charge on any atom is 0.419 e. The van der Waals surface area contributed by atoms with E-state index in [9.17, 15) is 21.6 Å². The van der Waals surface area contributed by atoms with E-state index >= 15 is 0 Å². The molecule has 9 heteroatoms.